The van der Waals surface area contributed by atoms with Crippen LogP contribution in [0.15, 0.2) is 24.3 Å². The van der Waals surface area contributed by atoms with Crippen LogP contribution in [-0.4, -0.2) is 29.8 Å². The molecule has 0 unspecified atom stereocenters. The summed E-state index contributed by atoms with van der Waals surface area (Å²) in [6, 6.07) is 7.52. The average Bonchev–Trinajstić information content (AvgIpc) is 3.22. The number of rotatable bonds is 6. The Hall–Kier alpha value is -2.08. The van der Waals surface area contributed by atoms with Gasteiger partial charge < -0.3 is 14.6 Å². The van der Waals surface area contributed by atoms with Crippen molar-refractivity contribution in [3.05, 3.63) is 29.1 Å². The number of nitrogens with zero attached hydrogens (tertiary/aromatic N) is 1. The van der Waals surface area contributed by atoms with Crippen LogP contribution >= 0.6 is 11.3 Å². The molecule has 2 aromatic rings. The molecule has 110 valence electrons. The topological polar surface area (TPSA) is 68.7 Å². The van der Waals surface area contributed by atoms with Crippen LogP contribution in [0.5, 0.6) is 11.6 Å². The van der Waals surface area contributed by atoms with E-state index in [1.807, 2.05) is 24.3 Å². The third-order valence-corrected chi connectivity index (χ3v) is 4.34. The standard InChI is InChI=1S/C15H15NO4S/c1-19-13-12(15(17)18)21-14(16-13)10-4-6-11(7-5-10)20-8-9-2-3-9/h4-7,9H,2-3,8H2,1H3,(H,17,18). The minimum absolute atomic E-state index is 0.113. The molecule has 1 saturated carbocycles. The van der Waals surface area contributed by atoms with Crippen LogP contribution in [0.4, 0.5) is 0 Å². The number of aromatic nitrogens is 1. The number of aromatic carboxylic acids is 1. The molecule has 6 heteroatoms. The van der Waals surface area contributed by atoms with Gasteiger partial charge in [0.2, 0.25) is 5.88 Å². The van der Waals surface area contributed by atoms with Crippen LogP contribution in [0.2, 0.25) is 0 Å². The zero-order chi connectivity index (χ0) is 14.8. The third-order valence-electron chi connectivity index (χ3n) is 3.27. The van der Waals surface area contributed by atoms with Crippen molar-refractivity contribution in [2.24, 2.45) is 5.92 Å². The predicted octanol–water partition coefficient (Wildman–Crippen LogP) is 3.31. The van der Waals surface area contributed by atoms with Crippen LogP contribution in [0, 0.1) is 5.92 Å². The molecule has 1 aliphatic carbocycles. The maximum absolute atomic E-state index is 11.1. The number of carboxylic acids is 1. The van der Waals surface area contributed by atoms with Crippen molar-refractivity contribution in [2.45, 2.75) is 12.8 Å². The Balaban J connectivity index is 1.77. The molecule has 1 fully saturated rings. The Labute approximate surface area is 126 Å². The van der Waals surface area contributed by atoms with E-state index in [4.69, 9.17) is 14.6 Å². The van der Waals surface area contributed by atoms with Crippen LogP contribution in [0.3, 0.4) is 0 Å². The predicted molar refractivity (Wildman–Crippen MR) is 79.3 cm³/mol. The van der Waals surface area contributed by atoms with Gasteiger partial charge >= 0.3 is 5.97 Å². The lowest BCUT2D eigenvalue weighted by Gasteiger charge is -2.05. The molecule has 0 atom stereocenters. The fraction of sp³-hybridized carbons (Fsp3) is 0.333. The first-order valence-electron chi connectivity index (χ1n) is 6.68. The Morgan fingerprint density at radius 2 is 2.10 bits per heavy atom. The van der Waals surface area contributed by atoms with Gasteiger partial charge in [0.25, 0.3) is 0 Å². The third kappa shape index (κ3) is 3.16. The molecule has 1 N–H and O–H groups in total. The monoisotopic (exact) mass is 305 g/mol. The largest absolute Gasteiger partial charge is 0.493 e. The second-order valence-electron chi connectivity index (χ2n) is 4.94. The van der Waals surface area contributed by atoms with E-state index in [1.54, 1.807) is 0 Å². The number of carboxylic acid groups (broad SMARTS) is 1. The van der Waals surface area contributed by atoms with Gasteiger partial charge in [0, 0.05) is 5.56 Å². The summed E-state index contributed by atoms with van der Waals surface area (Å²) >= 11 is 1.10. The van der Waals surface area contributed by atoms with Crippen molar-refractivity contribution in [3.8, 4) is 22.2 Å². The second kappa shape index (κ2) is 5.73. The Kier molecular flexibility index (Phi) is 3.79. The molecule has 0 amide bonds. The first kappa shape index (κ1) is 13.9. The molecular formula is C15H15NO4S. The molecule has 3 rings (SSSR count). The fourth-order valence-corrected chi connectivity index (χ4v) is 2.77. The lowest BCUT2D eigenvalue weighted by atomic mass is 10.2. The van der Waals surface area contributed by atoms with E-state index in [2.05, 4.69) is 4.98 Å². The average molecular weight is 305 g/mol. The van der Waals surface area contributed by atoms with Gasteiger partial charge in [0.05, 0.1) is 13.7 Å². The molecule has 0 aliphatic heterocycles. The van der Waals surface area contributed by atoms with E-state index in [-0.39, 0.29) is 10.8 Å². The highest BCUT2D eigenvalue weighted by molar-refractivity contribution is 7.17. The van der Waals surface area contributed by atoms with Gasteiger partial charge in [0.15, 0.2) is 4.88 Å². The summed E-state index contributed by atoms with van der Waals surface area (Å²) < 4.78 is 10.7. The SMILES string of the molecule is COc1nc(-c2ccc(OCC3CC3)cc2)sc1C(=O)O. The minimum Gasteiger partial charge on any atom is -0.493 e. The Morgan fingerprint density at radius 3 is 2.62 bits per heavy atom. The van der Waals surface area contributed by atoms with Gasteiger partial charge in [-0.2, -0.15) is 0 Å². The lowest BCUT2D eigenvalue weighted by Crippen LogP contribution is -1.98. The minimum atomic E-state index is -1.03. The molecule has 1 aliphatic rings. The van der Waals surface area contributed by atoms with Gasteiger partial charge in [-0.05, 0) is 43.0 Å². The van der Waals surface area contributed by atoms with E-state index >= 15 is 0 Å². The summed E-state index contributed by atoms with van der Waals surface area (Å²) in [5.41, 5.74) is 0.851. The highest BCUT2D eigenvalue weighted by Gasteiger charge is 2.22. The van der Waals surface area contributed by atoms with Crippen molar-refractivity contribution < 1.29 is 19.4 Å². The zero-order valence-corrected chi connectivity index (χ0v) is 12.4. The first-order valence-corrected chi connectivity index (χ1v) is 7.50. The molecular weight excluding hydrogens is 290 g/mol. The van der Waals surface area contributed by atoms with Crippen molar-refractivity contribution in [1.29, 1.82) is 0 Å². The quantitative estimate of drug-likeness (QED) is 0.886. The smallest absolute Gasteiger partial charge is 0.351 e. The molecule has 0 saturated heterocycles. The Bertz CT molecular complexity index is 646. The lowest BCUT2D eigenvalue weighted by molar-refractivity contribution is 0.0698. The van der Waals surface area contributed by atoms with Gasteiger partial charge in [-0.1, -0.05) is 0 Å². The summed E-state index contributed by atoms with van der Waals surface area (Å²) in [4.78, 5) is 15.4. The number of thiazole rings is 1. The van der Waals surface area contributed by atoms with Gasteiger partial charge in [-0.15, -0.1) is 11.3 Å². The van der Waals surface area contributed by atoms with Crippen molar-refractivity contribution in [1.82, 2.24) is 4.98 Å². The van der Waals surface area contributed by atoms with Crippen LogP contribution in [0.25, 0.3) is 10.6 Å². The van der Waals surface area contributed by atoms with Crippen molar-refractivity contribution in [2.75, 3.05) is 13.7 Å². The van der Waals surface area contributed by atoms with E-state index < -0.39 is 5.97 Å². The number of methoxy groups -OCH3 is 1. The van der Waals surface area contributed by atoms with E-state index in [1.165, 1.54) is 20.0 Å². The fourth-order valence-electron chi connectivity index (χ4n) is 1.90. The number of benzene rings is 1. The molecule has 1 aromatic heterocycles. The molecule has 0 spiro atoms. The number of carbonyl (C=O) groups is 1. The molecule has 1 aromatic carbocycles. The molecule has 1 heterocycles. The summed E-state index contributed by atoms with van der Waals surface area (Å²) in [6.45, 7) is 0.771. The zero-order valence-electron chi connectivity index (χ0n) is 11.5. The normalized spacial score (nSPS) is 14.0. The van der Waals surface area contributed by atoms with Crippen molar-refractivity contribution in [3.63, 3.8) is 0 Å². The molecule has 21 heavy (non-hydrogen) atoms. The molecule has 0 bridgehead atoms. The van der Waals surface area contributed by atoms with Gasteiger partial charge in [-0.25, -0.2) is 9.78 Å². The van der Waals surface area contributed by atoms with Gasteiger partial charge in [0.1, 0.15) is 10.8 Å². The highest BCUT2D eigenvalue weighted by Crippen LogP contribution is 2.34. The summed E-state index contributed by atoms with van der Waals surface area (Å²) in [7, 11) is 1.42. The maximum Gasteiger partial charge on any atom is 0.351 e. The van der Waals surface area contributed by atoms with E-state index in [0.29, 0.717) is 10.9 Å². The van der Waals surface area contributed by atoms with Crippen LogP contribution in [0.1, 0.15) is 22.5 Å². The molecule has 0 radical (unpaired) electrons. The Morgan fingerprint density at radius 1 is 1.38 bits per heavy atom. The number of hydrogen-bond acceptors (Lipinski definition) is 5. The summed E-state index contributed by atoms with van der Waals surface area (Å²) in [5.74, 6) is 0.662. The summed E-state index contributed by atoms with van der Waals surface area (Å²) in [6.07, 6.45) is 2.52. The maximum atomic E-state index is 11.1. The second-order valence-corrected chi connectivity index (χ2v) is 5.94. The van der Waals surface area contributed by atoms with Crippen LogP contribution in [-0.2, 0) is 0 Å². The first-order chi connectivity index (χ1) is 10.2. The van der Waals surface area contributed by atoms with E-state index in [0.717, 1.165) is 29.3 Å². The number of ether oxygens (including phenoxy) is 2. The van der Waals surface area contributed by atoms with Crippen LogP contribution < -0.4 is 9.47 Å². The van der Waals surface area contributed by atoms with E-state index in [9.17, 15) is 4.79 Å². The summed E-state index contributed by atoms with van der Waals surface area (Å²) in [5, 5.41) is 9.72. The molecule has 5 nitrogen and oxygen atoms in total. The van der Waals surface area contributed by atoms with Gasteiger partial charge in [-0.3, -0.25) is 0 Å². The highest BCUT2D eigenvalue weighted by atomic mass is 32.1. The number of hydrogen-bond donors (Lipinski definition) is 1. The van der Waals surface area contributed by atoms with Crippen molar-refractivity contribution >= 4 is 17.3 Å².